The first kappa shape index (κ1) is 12.5. The Labute approximate surface area is 109 Å². The highest BCUT2D eigenvalue weighted by atomic mass is 19.1. The largest absolute Gasteiger partial charge is 0.336 e. The molecule has 0 spiro atoms. The van der Waals surface area contributed by atoms with E-state index in [-0.39, 0.29) is 11.7 Å². The van der Waals surface area contributed by atoms with Gasteiger partial charge in [-0.3, -0.25) is 4.79 Å². The van der Waals surface area contributed by atoms with Gasteiger partial charge in [0, 0.05) is 31.2 Å². The Hall–Kier alpha value is -1.56. The third kappa shape index (κ3) is 2.45. The van der Waals surface area contributed by atoms with Crippen LogP contribution in [-0.2, 0) is 0 Å². The number of fused-ring (bicyclic) bond motifs is 2. The fourth-order valence-electron chi connectivity index (χ4n) is 2.85. The molecular weight excluding hydrogens is 252 g/mol. The fourth-order valence-corrected chi connectivity index (χ4v) is 2.85. The summed E-state index contributed by atoms with van der Waals surface area (Å²) in [6.07, 6.45) is 3.91. The highest BCUT2D eigenvalue weighted by molar-refractivity contribution is 5.92. The fraction of sp³-hybridized carbons (Fsp3) is 0.538. The van der Waals surface area contributed by atoms with Gasteiger partial charge in [0.05, 0.1) is 6.20 Å². The van der Waals surface area contributed by atoms with Gasteiger partial charge >= 0.3 is 0 Å². The molecule has 4 nitrogen and oxygen atoms in total. The van der Waals surface area contributed by atoms with E-state index in [0.717, 1.165) is 25.5 Å². The first-order valence-electron chi connectivity index (χ1n) is 6.50. The molecule has 3 rings (SSSR count). The highest BCUT2D eigenvalue weighted by Gasteiger charge is 2.32. The van der Waals surface area contributed by atoms with Crippen LogP contribution in [0.5, 0.6) is 0 Å². The number of nitrogens with zero attached hydrogens (tertiary/aromatic N) is 2. The molecule has 0 unspecified atom stereocenters. The second-order valence-electron chi connectivity index (χ2n) is 5.16. The molecule has 102 valence electrons. The maximum Gasteiger partial charge on any atom is 0.275 e. The van der Waals surface area contributed by atoms with E-state index in [2.05, 4.69) is 10.3 Å². The Morgan fingerprint density at radius 3 is 2.89 bits per heavy atom. The molecule has 1 aromatic heterocycles. The molecule has 1 amide bonds. The van der Waals surface area contributed by atoms with Crippen molar-refractivity contribution in [2.24, 2.45) is 0 Å². The molecule has 6 heteroatoms. The lowest BCUT2D eigenvalue weighted by Crippen LogP contribution is -2.39. The van der Waals surface area contributed by atoms with Crippen molar-refractivity contribution >= 4 is 5.91 Å². The number of likely N-dealkylation sites (tertiary alicyclic amines) is 1. The summed E-state index contributed by atoms with van der Waals surface area (Å²) in [6, 6.07) is 1.43. The molecule has 0 radical (unpaired) electrons. The number of carbonyl (C=O) groups excluding carboxylic acids is 1. The molecule has 1 N–H and O–H groups in total. The lowest BCUT2D eigenvalue weighted by atomic mass is 10.1. The second-order valence-corrected chi connectivity index (χ2v) is 5.16. The molecule has 2 atom stereocenters. The summed E-state index contributed by atoms with van der Waals surface area (Å²) in [4.78, 5) is 17.4. The number of hydrogen-bond donors (Lipinski definition) is 1. The van der Waals surface area contributed by atoms with Gasteiger partial charge in [0.2, 0.25) is 0 Å². The number of amides is 1. The molecule has 0 saturated carbocycles. The number of rotatable bonds is 1. The van der Waals surface area contributed by atoms with Crippen LogP contribution in [0.25, 0.3) is 0 Å². The quantitative estimate of drug-likeness (QED) is 0.835. The van der Waals surface area contributed by atoms with Gasteiger partial charge < -0.3 is 10.2 Å². The summed E-state index contributed by atoms with van der Waals surface area (Å²) < 4.78 is 26.4. The molecule has 2 saturated heterocycles. The predicted octanol–water partition coefficient (Wildman–Crippen LogP) is 1.33. The van der Waals surface area contributed by atoms with Gasteiger partial charge in [0.25, 0.3) is 5.91 Å². The van der Waals surface area contributed by atoms with Gasteiger partial charge in [-0.15, -0.1) is 0 Å². The minimum Gasteiger partial charge on any atom is -0.336 e. The minimum absolute atomic E-state index is 0.278. The zero-order valence-electron chi connectivity index (χ0n) is 10.4. The number of halogens is 2. The normalized spacial score (nSPS) is 26.3. The highest BCUT2D eigenvalue weighted by Crippen LogP contribution is 2.21. The average molecular weight is 267 g/mol. The first-order chi connectivity index (χ1) is 9.13. The molecule has 3 heterocycles. The van der Waals surface area contributed by atoms with Crippen LogP contribution in [-0.4, -0.2) is 41.0 Å². The summed E-state index contributed by atoms with van der Waals surface area (Å²) >= 11 is 0. The number of aromatic nitrogens is 1. The van der Waals surface area contributed by atoms with E-state index in [4.69, 9.17) is 0 Å². The summed E-state index contributed by atoms with van der Waals surface area (Å²) in [5, 5.41) is 3.44. The standard InChI is InChI=1S/C13H15F2N3O/c14-8-5-11(15)12(16-6-8)13(19)18-4-3-9-1-2-10(7-18)17-9/h5-6,9-10,17H,1-4,7H2/t9-,10+/m1/s1. The van der Waals surface area contributed by atoms with Crippen LogP contribution in [0.1, 0.15) is 29.8 Å². The molecule has 0 aliphatic carbocycles. The SMILES string of the molecule is O=C(c1ncc(F)cc1F)N1CC[C@H]2CC[C@@H](C1)N2. The van der Waals surface area contributed by atoms with E-state index in [1.807, 2.05) is 0 Å². The number of nitrogens with one attached hydrogen (secondary N) is 1. The minimum atomic E-state index is -0.896. The predicted molar refractivity (Wildman–Crippen MR) is 64.6 cm³/mol. The van der Waals surface area contributed by atoms with Crippen LogP contribution in [0.2, 0.25) is 0 Å². The van der Waals surface area contributed by atoms with Crippen molar-refractivity contribution in [3.05, 3.63) is 29.6 Å². The third-order valence-electron chi connectivity index (χ3n) is 3.82. The van der Waals surface area contributed by atoms with Gasteiger partial charge in [-0.05, 0) is 19.3 Å². The molecule has 19 heavy (non-hydrogen) atoms. The van der Waals surface area contributed by atoms with Crippen LogP contribution in [0.3, 0.4) is 0 Å². The summed E-state index contributed by atoms with van der Waals surface area (Å²) in [5.74, 6) is -2.12. The lowest BCUT2D eigenvalue weighted by molar-refractivity contribution is 0.0737. The number of hydrogen-bond acceptors (Lipinski definition) is 3. The molecule has 2 aliphatic rings. The van der Waals surface area contributed by atoms with Crippen molar-refractivity contribution in [3.63, 3.8) is 0 Å². The Balaban J connectivity index is 1.79. The van der Waals surface area contributed by atoms with Crippen LogP contribution >= 0.6 is 0 Å². The van der Waals surface area contributed by atoms with Crippen molar-refractivity contribution in [2.75, 3.05) is 13.1 Å². The van der Waals surface area contributed by atoms with Crippen LogP contribution in [0.4, 0.5) is 8.78 Å². The number of carbonyl (C=O) groups is 1. The summed E-state index contributed by atoms with van der Waals surface area (Å²) in [5.41, 5.74) is -0.292. The van der Waals surface area contributed by atoms with Gasteiger partial charge in [0.15, 0.2) is 11.5 Å². The van der Waals surface area contributed by atoms with E-state index in [1.54, 1.807) is 4.90 Å². The van der Waals surface area contributed by atoms with Crippen molar-refractivity contribution in [2.45, 2.75) is 31.3 Å². The number of pyridine rings is 1. The van der Waals surface area contributed by atoms with Crippen molar-refractivity contribution in [3.8, 4) is 0 Å². The summed E-state index contributed by atoms with van der Waals surface area (Å²) in [6.45, 7) is 1.15. The lowest BCUT2D eigenvalue weighted by Gasteiger charge is -2.24. The zero-order chi connectivity index (χ0) is 13.4. The van der Waals surface area contributed by atoms with Crippen molar-refractivity contribution in [1.82, 2.24) is 15.2 Å². The third-order valence-corrected chi connectivity index (χ3v) is 3.82. The van der Waals surface area contributed by atoms with E-state index in [1.165, 1.54) is 0 Å². The molecule has 2 aliphatic heterocycles. The monoisotopic (exact) mass is 267 g/mol. The van der Waals surface area contributed by atoms with E-state index >= 15 is 0 Å². The first-order valence-corrected chi connectivity index (χ1v) is 6.50. The molecule has 2 fully saturated rings. The maximum absolute atomic E-state index is 13.6. The maximum atomic E-state index is 13.6. The van der Waals surface area contributed by atoms with Crippen LogP contribution < -0.4 is 5.32 Å². The van der Waals surface area contributed by atoms with E-state index < -0.39 is 17.5 Å². The molecule has 2 bridgehead atoms. The second kappa shape index (κ2) is 4.85. The Morgan fingerprint density at radius 1 is 1.32 bits per heavy atom. The Morgan fingerprint density at radius 2 is 2.11 bits per heavy atom. The van der Waals surface area contributed by atoms with Crippen molar-refractivity contribution < 1.29 is 13.6 Å². The van der Waals surface area contributed by atoms with Gasteiger partial charge in [-0.2, -0.15) is 0 Å². The smallest absolute Gasteiger partial charge is 0.275 e. The topological polar surface area (TPSA) is 45.2 Å². The van der Waals surface area contributed by atoms with E-state index in [0.29, 0.717) is 25.2 Å². The van der Waals surface area contributed by atoms with Crippen LogP contribution in [0, 0.1) is 11.6 Å². The van der Waals surface area contributed by atoms with E-state index in [9.17, 15) is 13.6 Å². The Bertz CT molecular complexity index is 509. The zero-order valence-corrected chi connectivity index (χ0v) is 10.4. The van der Waals surface area contributed by atoms with Gasteiger partial charge in [-0.25, -0.2) is 13.8 Å². The Kier molecular flexibility index (Phi) is 3.18. The van der Waals surface area contributed by atoms with Gasteiger partial charge in [0.1, 0.15) is 5.82 Å². The van der Waals surface area contributed by atoms with Crippen LogP contribution in [0.15, 0.2) is 12.3 Å². The molecule has 0 aromatic carbocycles. The van der Waals surface area contributed by atoms with Crippen molar-refractivity contribution in [1.29, 1.82) is 0 Å². The molecule has 1 aromatic rings. The molecular formula is C13H15F2N3O. The average Bonchev–Trinajstić information content (AvgIpc) is 2.68. The summed E-state index contributed by atoms with van der Waals surface area (Å²) in [7, 11) is 0. The van der Waals surface area contributed by atoms with Gasteiger partial charge in [-0.1, -0.05) is 0 Å².